The third kappa shape index (κ3) is 3.58. The Labute approximate surface area is 71.7 Å². The van der Waals surface area contributed by atoms with E-state index in [0.29, 0.717) is 0 Å². The van der Waals surface area contributed by atoms with Gasteiger partial charge in [0.25, 0.3) is 0 Å². The molecule has 1 aliphatic heterocycles. The topological polar surface area (TPSA) is 32.3 Å². The molecule has 1 rings (SSSR count). The molecule has 0 aliphatic carbocycles. The van der Waals surface area contributed by atoms with Crippen LogP contribution in [0.2, 0.25) is 0 Å². The molecule has 0 atom stereocenters. The molecule has 1 fully saturated rings. The summed E-state index contributed by atoms with van der Waals surface area (Å²) in [5.74, 6) is 0. The van der Waals surface area contributed by atoms with E-state index in [1.165, 1.54) is 12.8 Å². The Kier molecular flexibility index (Phi) is 3.66. The van der Waals surface area contributed by atoms with Crippen molar-refractivity contribution in [2.75, 3.05) is 13.1 Å². The highest BCUT2D eigenvalue weighted by Gasteiger charge is 2.09. The minimum atomic E-state index is -0.480. The predicted molar refractivity (Wildman–Crippen MR) is 44.4 cm³/mol. The Bertz CT molecular complexity index is 132. The summed E-state index contributed by atoms with van der Waals surface area (Å²) < 4.78 is 0. The monoisotopic (exact) mass is 176 g/mol. The quantitative estimate of drug-likeness (QED) is 0.488. The molecule has 0 spiro atoms. The number of hydrogen-bond acceptors (Lipinski definition) is 2. The van der Waals surface area contributed by atoms with Crippen molar-refractivity contribution in [1.82, 2.24) is 10.4 Å². The van der Waals surface area contributed by atoms with E-state index in [0.717, 1.165) is 25.9 Å². The zero-order chi connectivity index (χ0) is 8.10. The van der Waals surface area contributed by atoms with E-state index in [9.17, 15) is 4.79 Å². The van der Waals surface area contributed by atoms with Gasteiger partial charge in [0.15, 0.2) is 0 Å². The molecule has 1 N–H and O–H groups in total. The molecule has 0 aromatic carbocycles. The van der Waals surface area contributed by atoms with Crippen LogP contribution in [0.4, 0.5) is 4.79 Å². The van der Waals surface area contributed by atoms with Gasteiger partial charge in [-0.2, -0.15) is 0 Å². The summed E-state index contributed by atoms with van der Waals surface area (Å²) >= 11 is 5.17. The van der Waals surface area contributed by atoms with Gasteiger partial charge in [-0.05, 0) is 24.4 Å². The molecule has 0 radical (unpaired) electrons. The number of halogens is 1. The number of hydrazine groups is 1. The summed E-state index contributed by atoms with van der Waals surface area (Å²) in [4.78, 5) is 10.4. The van der Waals surface area contributed by atoms with Gasteiger partial charge in [-0.3, -0.25) is 10.2 Å². The molecule has 4 heteroatoms. The maximum atomic E-state index is 10.4. The van der Waals surface area contributed by atoms with Gasteiger partial charge >= 0.3 is 5.37 Å². The minimum Gasteiger partial charge on any atom is -0.275 e. The molecule has 0 bridgehead atoms. The number of rotatable bonds is 1. The lowest BCUT2D eigenvalue weighted by molar-refractivity contribution is 0.197. The normalized spacial score (nSPS) is 20.8. The number of carbonyl (C=O) groups is 1. The lowest BCUT2D eigenvalue weighted by Crippen LogP contribution is -2.40. The second-order valence-corrected chi connectivity index (χ2v) is 3.13. The summed E-state index contributed by atoms with van der Waals surface area (Å²) in [6, 6.07) is 0. The van der Waals surface area contributed by atoms with Gasteiger partial charge in [0.05, 0.1) is 0 Å². The average Bonchev–Trinajstić information content (AvgIpc) is 2.14. The molecule has 11 heavy (non-hydrogen) atoms. The van der Waals surface area contributed by atoms with Crippen molar-refractivity contribution < 1.29 is 4.79 Å². The van der Waals surface area contributed by atoms with Crippen LogP contribution in [0.25, 0.3) is 0 Å². The van der Waals surface area contributed by atoms with Gasteiger partial charge in [-0.15, -0.1) is 0 Å². The SMILES string of the molecule is O=C(Cl)NN1CCCCCC1. The molecule has 1 saturated heterocycles. The predicted octanol–water partition coefficient (Wildman–Crippen LogP) is 1.73. The lowest BCUT2D eigenvalue weighted by Gasteiger charge is -2.18. The van der Waals surface area contributed by atoms with Crippen molar-refractivity contribution in [2.45, 2.75) is 25.7 Å². The molecule has 0 aromatic heterocycles. The number of hydrogen-bond donors (Lipinski definition) is 1. The van der Waals surface area contributed by atoms with Gasteiger partial charge in [-0.25, -0.2) is 5.01 Å². The van der Waals surface area contributed by atoms with Crippen LogP contribution in [0.1, 0.15) is 25.7 Å². The molecular formula is C7H13ClN2O. The van der Waals surface area contributed by atoms with Crippen LogP contribution >= 0.6 is 11.6 Å². The molecule has 1 heterocycles. The van der Waals surface area contributed by atoms with Crippen LogP contribution in [-0.2, 0) is 0 Å². The van der Waals surface area contributed by atoms with Crippen LogP contribution in [0.5, 0.6) is 0 Å². The van der Waals surface area contributed by atoms with Crippen LogP contribution in [0.15, 0.2) is 0 Å². The number of nitrogens with one attached hydrogen (secondary N) is 1. The van der Waals surface area contributed by atoms with Crippen molar-refractivity contribution in [1.29, 1.82) is 0 Å². The molecule has 1 amide bonds. The van der Waals surface area contributed by atoms with E-state index in [4.69, 9.17) is 11.6 Å². The molecular weight excluding hydrogens is 164 g/mol. The standard InChI is InChI=1S/C7H13ClN2O/c8-7(11)9-10-5-3-1-2-4-6-10/h1-6H2,(H,9,11). The Balaban J connectivity index is 2.25. The molecule has 1 aliphatic rings. The Morgan fingerprint density at radius 2 is 1.73 bits per heavy atom. The average molecular weight is 177 g/mol. The largest absolute Gasteiger partial charge is 0.328 e. The van der Waals surface area contributed by atoms with Crippen molar-refractivity contribution in [3.8, 4) is 0 Å². The Morgan fingerprint density at radius 3 is 2.18 bits per heavy atom. The first-order chi connectivity index (χ1) is 5.29. The third-order valence-corrected chi connectivity index (χ3v) is 1.94. The van der Waals surface area contributed by atoms with Gasteiger partial charge in [0.2, 0.25) is 0 Å². The van der Waals surface area contributed by atoms with Gasteiger partial charge < -0.3 is 0 Å². The highest BCUT2D eigenvalue weighted by Crippen LogP contribution is 2.07. The molecule has 64 valence electrons. The highest BCUT2D eigenvalue weighted by molar-refractivity contribution is 6.62. The maximum absolute atomic E-state index is 10.4. The van der Waals surface area contributed by atoms with Crippen LogP contribution < -0.4 is 5.43 Å². The molecule has 3 nitrogen and oxygen atoms in total. The Hall–Kier alpha value is -0.280. The second-order valence-electron chi connectivity index (χ2n) is 2.79. The first-order valence-corrected chi connectivity index (χ1v) is 4.38. The zero-order valence-corrected chi connectivity index (χ0v) is 7.23. The smallest absolute Gasteiger partial charge is 0.275 e. The van der Waals surface area contributed by atoms with E-state index in [1.54, 1.807) is 0 Å². The van der Waals surface area contributed by atoms with Crippen LogP contribution in [0, 0.1) is 0 Å². The van der Waals surface area contributed by atoms with Gasteiger partial charge in [0, 0.05) is 13.1 Å². The molecule has 0 unspecified atom stereocenters. The lowest BCUT2D eigenvalue weighted by atomic mass is 10.2. The van der Waals surface area contributed by atoms with Crippen molar-refractivity contribution in [3.05, 3.63) is 0 Å². The maximum Gasteiger partial charge on any atom is 0.328 e. The van der Waals surface area contributed by atoms with Crippen molar-refractivity contribution in [3.63, 3.8) is 0 Å². The van der Waals surface area contributed by atoms with E-state index in [1.807, 2.05) is 5.01 Å². The van der Waals surface area contributed by atoms with Gasteiger partial charge in [-0.1, -0.05) is 12.8 Å². The van der Waals surface area contributed by atoms with Crippen LogP contribution in [0.3, 0.4) is 0 Å². The first kappa shape index (κ1) is 8.81. The fourth-order valence-electron chi connectivity index (χ4n) is 1.31. The summed E-state index contributed by atoms with van der Waals surface area (Å²) in [5, 5.41) is 1.41. The summed E-state index contributed by atoms with van der Waals surface area (Å²) in [6.07, 6.45) is 4.82. The minimum absolute atomic E-state index is 0.480. The number of nitrogens with zero attached hydrogens (tertiary/aromatic N) is 1. The van der Waals surface area contributed by atoms with E-state index in [-0.39, 0.29) is 0 Å². The second kappa shape index (κ2) is 4.57. The highest BCUT2D eigenvalue weighted by atomic mass is 35.5. The third-order valence-electron chi connectivity index (χ3n) is 1.85. The first-order valence-electron chi connectivity index (χ1n) is 4.00. The van der Waals surface area contributed by atoms with Crippen LogP contribution in [-0.4, -0.2) is 23.5 Å². The van der Waals surface area contributed by atoms with E-state index >= 15 is 0 Å². The summed E-state index contributed by atoms with van der Waals surface area (Å²) in [7, 11) is 0. The zero-order valence-electron chi connectivity index (χ0n) is 6.48. The summed E-state index contributed by atoms with van der Waals surface area (Å²) in [5.41, 5.74) is 2.58. The van der Waals surface area contributed by atoms with E-state index < -0.39 is 5.37 Å². The Morgan fingerprint density at radius 1 is 1.18 bits per heavy atom. The van der Waals surface area contributed by atoms with Gasteiger partial charge in [0.1, 0.15) is 0 Å². The molecule has 0 aromatic rings. The number of amides is 1. The number of carbonyl (C=O) groups excluding carboxylic acids is 1. The molecule has 0 saturated carbocycles. The van der Waals surface area contributed by atoms with Crippen molar-refractivity contribution in [2.24, 2.45) is 0 Å². The van der Waals surface area contributed by atoms with Crippen molar-refractivity contribution >= 4 is 17.0 Å². The fraction of sp³-hybridized carbons (Fsp3) is 0.857. The summed E-state index contributed by atoms with van der Waals surface area (Å²) in [6.45, 7) is 1.86. The van der Waals surface area contributed by atoms with E-state index in [2.05, 4.69) is 5.43 Å². The fourth-order valence-corrected chi connectivity index (χ4v) is 1.43.